The lowest BCUT2D eigenvalue weighted by molar-refractivity contribution is 0.146. The van der Waals surface area contributed by atoms with E-state index in [4.69, 9.17) is 0 Å². The summed E-state index contributed by atoms with van der Waals surface area (Å²) in [6.07, 6.45) is 3.10. The molecule has 0 fully saturated rings. The number of aliphatic hydroxyl groups excluding tert-OH is 1. The van der Waals surface area contributed by atoms with Gasteiger partial charge in [0.2, 0.25) is 0 Å². The average Bonchev–Trinajstić information content (AvgIpc) is 2.18. The van der Waals surface area contributed by atoms with Gasteiger partial charge in [-0.15, -0.1) is 0 Å². The molecule has 0 amide bonds. The van der Waals surface area contributed by atoms with Crippen LogP contribution in [0.2, 0.25) is 0 Å². The molecular formula is C15H19FO. The lowest BCUT2D eigenvalue weighted by Gasteiger charge is -2.33. The molecule has 0 spiro atoms. The van der Waals surface area contributed by atoms with Crippen molar-refractivity contribution >= 4 is 5.57 Å². The molecule has 0 aliphatic heterocycles. The lowest BCUT2D eigenvalue weighted by Crippen LogP contribution is -2.24. The second-order valence-electron chi connectivity index (χ2n) is 5.76. The molecule has 0 saturated heterocycles. The van der Waals surface area contributed by atoms with Crippen LogP contribution in [-0.4, -0.2) is 11.2 Å². The summed E-state index contributed by atoms with van der Waals surface area (Å²) in [6, 6.07) is 4.83. The van der Waals surface area contributed by atoms with Crippen molar-refractivity contribution in [1.29, 1.82) is 0 Å². The first-order valence-electron chi connectivity index (χ1n) is 6.03. The number of allylic oxidation sites excluding steroid dienone is 1. The third kappa shape index (κ3) is 2.75. The second kappa shape index (κ2) is 4.26. The van der Waals surface area contributed by atoms with Crippen LogP contribution in [0, 0.1) is 18.2 Å². The van der Waals surface area contributed by atoms with Crippen LogP contribution in [0.3, 0.4) is 0 Å². The number of aryl methyl sites for hydroxylation is 1. The molecule has 2 rings (SSSR count). The summed E-state index contributed by atoms with van der Waals surface area (Å²) in [7, 11) is 0. The van der Waals surface area contributed by atoms with Crippen LogP contribution in [0.4, 0.5) is 4.39 Å². The van der Waals surface area contributed by atoms with Gasteiger partial charge in [0.05, 0.1) is 6.10 Å². The smallest absolute Gasteiger partial charge is 0.123 e. The zero-order valence-corrected chi connectivity index (χ0v) is 10.6. The SMILES string of the molecule is Cc1ccc(F)cc1C1=CC(O)CC(C)(C)C1. The van der Waals surface area contributed by atoms with E-state index in [0.29, 0.717) is 0 Å². The van der Waals surface area contributed by atoms with Gasteiger partial charge in [0.25, 0.3) is 0 Å². The highest BCUT2D eigenvalue weighted by Gasteiger charge is 2.28. The van der Waals surface area contributed by atoms with Crippen molar-refractivity contribution in [1.82, 2.24) is 0 Å². The Morgan fingerprint density at radius 1 is 1.35 bits per heavy atom. The molecule has 1 N–H and O–H groups in total. The van der Waals surface area contributed by atoms with Crippen LogP contribution in [0.15, 0.2) is 24.3 Å². The molecule has 0 bridgehead atoms. The van der Waals surface area contributed by atoms with E-state index in [0.717, 1.165) is 29.5 Å². The monoisotopic (exact) mass is 234 g/mol. The van der Waals surface area contributed by atoms with Crippen LogP contribution in [0.25, 0.3) is 5.57 Å². The molecule has 1 aromatic carbocycles. The van der Waals surface area contributed by atoms with Crippen molar-refractivity contribution in [3.63, 3.8) is 0 Å². The first-order valence-corrected chi connectivity index (χ1v) is 6.03. The van der Waals surface area contributed by atoms with Crippen molar-refractivity contribution < 1.29 is 9.50 Å². The van der Waals surface area contributed by atoms with Crippen molar-refractivity contribution in [2.75, 3.05) is 0 Å². The van der Waals surface area contributed by atoms with Gasteiger partial charge in [-0.05, 0) is 54.0 Å². The Balaban J connectivity index is 2.43. The van der Waals surface area contributed by atoms with Crippen molar-refractivity contribution in [2.45, 2.75) is 39.7 Å². The average molecular weight is 234 g/mol. The Morgan fingerprint density at radius 3 is 2.71 bits per heavy atom. The van der Waals surface area contributed by atoms with Crippen LogP contribution < -0.4 is 0 Å². The van der Waals surface area contributed by atoms with Gasteiger partial charge in [-0.1, -0.05) is 26.0 Å². The molecule has 92 valence electrons. The molecule has 1 atom stereocenters. The number of aliphatic hydroxyl groups is 1. The zero-order chi connectivity index (χ0) is 12.6. The zero-order valence-electron chi connectivity index (χ0n) is 10.6. The van der Waals surface area contributed by atoms with E-state index in [1.165, 1.54) is 6.07 Å². The minimum absolute atomic E-state index is 0.0717. The van der Waals surface area contributed by atoms with Gasteiger partial charge in [-0.25, -0.2) is 4.39 Å². The normalized spacial score (nSPS) is 23.4. The third-order valence-corrected chi connectivity index (χ3v) is 3.37. The second-order valence-corrected chi connectivity index (χ2v) is 5.76. The van der Waals surface area contributed by atoms with E-state index < -0.39 is 6.10 Å². The minimum atomic E-state index is -0.420. The third-order valence-electron chi connectivity index (χ3n) is 3.37. The van der Waals surface area contributed by atoms with Crippen molar-refractivity contribution in [3.05, 3.63) is 41.2 Å². The number of hydrogen-bond acceptors (Lipinski definition) is 1. The number of hydrogen-bond donors (Lipinski definition) is 1. The fourth-order valence-corrected chi connectivity index (χ4v) is 2.63. The molecule has 1 unspecified atom stereocenters. The summed E-state index contributed by atoms with van der Waals surface area (Å²) in [5, 5.41) is 9.87. The van der Waals surface area contributed by atoms with E-state index in [1.54, 1.807) is 12.1 Å². The van der Waals surface area contributed by atoms with Gasteiger partial charge in [-0.3, -0.25) is 0 Å². The largest absolute Gasteiger partial charge is 0.389 e. The number of rotatable bonds is 1. The highest BCUT2D eigenvalue weighted by atomic mass is 19.1. The Bertz CT molecular complexity index is 460. The standard InChI is InChI=1S/C15H19FO/c1-10-4-5-12(16)7-14(10)11-6-13(17)9-15(2,3)8-11/h4-7,13,17H,8-9H2,1-3H3. The summed E-state index contributed by atoms with van der Waals surface area (Å²) in [5.74, 6) is -0.218. The molecule has 1 aromatic rings. The van der Waals surface area contributed by atoms with Crippen molar-refractivity contribution in [3.8, 4) is 0 Å². The van der Waals surface area contributed by atoms with E-state index >= 15 is 0 Å². The van der Waals surface area contributed by atoms with Crippen LogP contribution in [0.1, 0.15) is 37.8 Å². The fraction of sp³-hybridized carbons (Fsp3) is 0.467. The Hall–Kier alpha value is -1.15. The van der Waals surface area contributed by atoms with Gasteiger partial charge in [0.1, 0.15) is 5.82 Å². The lowest BCUT2D eigenvalue weighted by atomic mass is 9.74. The number of halogens is 1. The van der Waals surface area contributed by atoms with Crippen LogP contribution in [-0.2, 0) is 0 Å². The maximum absolute atomic E-state index is 13.3. The summed E-state index contributed by atoms with van der Waals surface area (Å²) in [6.45, 7) is 6.25. The first-order chi connectivity index (χ1) is 7.87. The topological polar surface area (TPSA) is 20.2 Å². The van der Waals surface area contributed by atoms with Gasteiger partial charge in [0.15, 0.2) is 0 Å². The molecule has 1 aliphatic rings. The van der Waals surface area contributed by atoms with E-state index in [1.807, 2.05) is 13.0 Å². The molecular weight excluding hydrogens is 215 g/mol. The van der Waals surface area contributed by atoms with E-state index in [9.17, 15) is 9.50 Å². The maximum Gasteiger partial charge on any atom is 0.123 e. The van der Waals surface area contributed by atoms with Gasteiger partial charge < -0.3 is 5.11 Å². The van der Waals surface area contributed by atoms with E-state index in [-0.39, 0.29) is 11.2 Å². The van der Waals surface area contributed by atoms with E-state index in [2.05, 4.69) is 13.8 Å². The molecule has 0 radical (unpaired) electrons. The predicted octanol–water partition coefficient (Wildman–Crippen LogP) is 3.70. The molecule has 0 heterocycles. The Morgan fingerprint density at radius 2 is 2.06 bits per heavy atom. The van der Waals surface area contributed by atoms with Crippen LogP contribution >= 0.6 is 0 Å². The molecule has 1 aliphatic carbocycles. The molecule has 17 heavy (non-hydrogen) atoms. The maximum atomic E-state index is 13.3. The molecule has 1 nitrogen and oxygen atoms in total. The van der Waals surface area contributed by atoms with Gasteiger partial charge >= 0.3 is 0 Å². The minimum Gasteiger partial charge on any atom is -0.389 e. The Labute approximate surface area is 102 Å². The highest BCUT2D eigenvalue weighted by Crippen LogP contribution is 2.40. The number of benzene rings is 1. The molecule has 0 saturated carbocycles. The quantitative estimate of drug-likeness (QED) is 0.785. The molecule has 2 heteroatoms. The summed E-state index contributed by atoms with van der Waals surface area (Å²) < 4.78 is 13.3. The van der Waals surface area contributed by atoms with Gasteiger partial charge in [0, 0.05) is 0 Å². The first kappa shape index (κ1) is 12.3. The summed E-state index contributed by atoms with van der Waals surface area (Å²) in [4.78, 5) is 0. The highest BCUT2D eigenvalue weighted by molar-refractivity contribution is 5.70. The van der Waals surface area contributed by atoms with Crippen LogP contribution in [0.5, 0.6) is 0 Å². The van der Waals surface area contributed by atoms with Gasteiger partial charge in [-0.2, -0.15) is 0 Å². The Kier molecular flexibility index (Phi) is 3.09. The fourth-order valence-electron chi connectivity index (χ4n) is 2.63. The predicted molar refractivity (Wildman–Crippen MR) is 68.1 cm³/mol. The van der Waals surface area contributed by atoms with Crippen molar-refractivity contribution in [2.24, 2.45) is 5.41 Å². The summed E-state index contributed by atoms with van der Waals surface area (Å²) in [5.41, 5.74) is 3.12. The molecule has 0 aromatic heterocycles. The summed E-state index contributed by atoms with van der Waals surface area (Å²) >= 11 is 0.